The number of carbonyl (C=O) groups excluding carboxylic acids is 1. The molecule has 0 radical (unpaired) electrons. The van der Waals surface area contributed by atoms with Crippen LogP contribution in [0.5, 0.6) is 5.75 Å². The Hall–Kier alpha value is -1.90. The van der Waals surface area contributed by atoms with E-state index >= 15 is 0 Å². The maximum absolute atomic E-state index is 12.0. The quantitative estimate of drug-likeness (QED) is 0.812. The smallest absolute Gasteiger partial charge is 0.387 e. The number of halogens is 2. The predicted molar refractivity (Wildman–Crippen MR) is 80.4 cm³/mol. The lowest BCUT2D eigenvalue weighted by atomic mass is 10.1. The Morgan fingerprint density at radius 1 is 1.30 bits per heavy atom. The van der Waals surface area contributed by atoms with Crippen LogP contribution in [-0.2, 0) is 16.3 Å². The van der Waals surface area contributed by atoms with Crippen LogP contribution in [-0.4, -0.2) is 45.2 Å². The summed E-state index contributed by atoms with van der Waals surface area (Å²) in [6.45, 7) is -2.51. The normalized spacial score (nSPS) is 19.5. The van der Waals surface area contributed by atoms with Crippen molar-refractivity contribution in [2.24, 2.45) is 0 Å². The fraction of sp³-hybridized carbons (Fsp3) is 0.500. The summed E-state index contributed by atoms with van der Waals surface area (Å²) in [6, 6.07) is 5.40. The minimum Gasteiger partial charge on any atom is -0.435 e. The zero-order chi connectivity index (χ0) is 16.9. The molecule has 1 aromatic rings. The topological polar surface area (TPSA) is 84.5 Å². The molecule has 1 aromatic carbocycles. The van der Waals surface area contributed by atoms with Crippen molar-refractivity contribution in [3.8, 4) is 5.75 Å². The molecule has 0 aromatic heterocycles. The second kappa shape index (κ2) is 7.58. The van der Waals surface area contributed by atoms with E-state index in [4.69, 9.17) is 0 Å². The summed E-state index contributed by atoms with van der Waals surface area (Å²) in [5, 5.41) is 5.25. The highest BCUT2D eigenvalue weighted by Gasteiger charge is 2.28. The van der Waals surface area contributed by atoms with Gasteiger partial charge >= 0.3 is 12.6 Å². The van der Waals surface area contributed by atoms with E-state index in [0.29, 0.717) is 19.4 Å². The van der Waals surface area contributed by atoms with Crippen molar-refractivity contribution < 1.29 is 26.7 Å². The third-order valence-electron chi connectivity index (χ3n) is 3.42. The van der Waals surface area contributed by atoms with Gasteiger partial charge in [0.05, 0.1) is 11.5 Å². The second-order valence-electron chi connectivity index (χ2n) is 5.27. The molecule has 2 amide bonds. The lowest BCUT2D eigenvalue weighted by Gasteiger charge is -2.12. The summed E-state index contributed by atoms with van der Waals surface area (Å²) in [5.41, 5.74) is 0.857. The molecular weight excluding hydrogens is 330 g/mol. The van der Waals surface area contributed by atoms with Gasteiger partial charge in [0.25, 0.3) is 0 Å². The van der Waals surface area contributed by atoms with Gasteiger partial charge in [-0.25, -0.2) is 13.2 Å². The zero-order valence-electron chi connectivity index (χ0n) is 12.3. The first kappa shape index (κ1) is 17.5. The first-order valence-corrected chi connectivity index (χ1v) is 8.95. The maximum Gasteiger partial charge on any atom is 0.387 e. The fourth-order valence-electron chi connectivity index (χ4n) is 2.30. The molecular formula is C14H18F2N2O4S. The minimum absolute atomic E-state index is 0.0218. The number of ether oxygens (including phenoxy) is 1. The van der Waals surface area contributed by atoms with E-state index in [1.54, 1.807) is 12.1 Å². The fourth-order valence-corrected chi connectivity index (χ4v) is 3.98. The minimum atomic E-state index is -3.03. The Morgan fingerprint density at radius 3 is 2.57 bits per heavy atom. The molecule has 0 aliphatic carbocycles. The molecule has 0 bridgehead atoms. The van der Waals surface area contributed by atoms with Crippen molar-refractivity contribution in [2.75, 3.05) is 18.1 Å². The first-order chi connectivity index (χ1) is 10.8. The van der Waals surface area contributed by atoms with Crippen molar-refractivity contribution in [3.63, 3.8) is 0 Å². The number of rotatable bonds is 6. The molecule has 1 fully saturated rings. The number of amides is 2. The summed E-state index contributed by atoms with van der Waals surface area (Å²) in [6.07, 6.45) is 0.951. The third kappa shape index (κ3) is 6.01. The van der Waals surface area contributed by atoms with Crippen LogP contribution in [0.1, 0.15) is 12.0 Å². The summed E-state index contributed by atoms with van der Waals surface area (Å²) in [4.78, 5) is 11.7. The third-order valence-corrected chi connectivity index (χ3v) is 5.18. The molecule has 23 heavy (non-hydrogen) atoms. The first-order valence-electron chi connectivity index (χ1n) is 7.12. The summed E-state index contributed by atoms with van der Waals surface area (Å²) >= 11 is 0. The lowest BCUT2D eigenvalue weighted by Crippen LogP contribution is -2.43. The van der Waals surface area contributed by atoms with E-state index in [2.05, 4.69) is 15.4 Å². The van der Waals surface area contributed by atoms with Crippen molar-refractivity contribution in [1.29, 1.82) is 0 Å². The number of carbonyl (C=O) groups is 1. The molecule has 0 saturated carbocycles. The summed E-state index contributed by atoms with van der Waals surface area (Å²) < 4.78 is 50.8. The molecule has 1 atom stereocenters. The SMILES string of the molecule is O=C(NCCc1ccc(OC(F)F)cc1)NC1CCS(=O)(=O)C1. The molecule has 1 heterocycles. The average Bonchev–Trinajstić information content (AvgIpc) is 2.79. The highest BCUT2D eigenvalue weighted by atomic mass is 32.2. The van der Waals surface area contributed by atoms with E-state index in [0.717, 1.165) is 5.56 Å². The Bertz CT molecular complexity index is 635. The molecule has 1 aliphatic heterocycles. The van der Waals surface area contributed by atoms with Crippen LogP contribution in [0.15, 0.2) is 24.3 Å². The highest BCUT2D eigenvalue weighted by Crippen LogP contribution is 2.15. The van der Waals surface area contributed by atoms with Crippen molar-refractivity contribution in [1.82, 2.24) is 10.6 Å². The molecule has 128 valence electrons. The standard InChI is InChI=1S/C14H18F2N2O4S/c15-13(16)22-12-3-1-10(2-4-12)5-7-17-14(19)18-11-6-8-23(20,21)9-11/h1-4,11,13H,5-9H2,(H2,17,18,19). The number of alkyl halides is 2. The molecule has 1 unspecified atom stereocenters. The monoisotopic (exact) mass is 348 g/mol. The van der Waals surface area contributed by atoms with Crippen LogP contribution in [0.3, 0.4) is 0 Å². The van der Waals surface area contributed by atoms with Crippen LogP contribution >= 0.6 is 0 Å². The van der Waals surface area contributed by atoms with Crippen molar-refractivity contribution in [2.45, 2.75) is 25.5 Å². The van der Waals surface area contributed by atoms with Gasteiger partial charge in [-0.1, -0.05) is 12.1 Å². The number of urea groups is 1. The molecule has 6 nitrogen and oxygen atoms in total. The van der Waals surface area contributed by atoms with Gasteiger partial charge in [-0.3, -0.25) is 0 Å². The Labute approximate surface area is 133 Å². The Kier molecular flexibility index (Phi) is 5.75. The van der Waals surface area contributed by atoms with Crippen molar-refractivity contribution >= 4 is 15.9 Å². The number of hydrogen-bond acceptors (Lipinski definition) is 4. The largest absolute Gasteiger partial charge is 0.435 e. The van der Waals surface area contributed by atoms with Crippen LogP contribution in [0, 0.1) is 0 Å². The van der Waals surface area contributed by atoms with Gasteiger partial charge < -0.3 is 15.4 Å². The maximum atomic E-state index is 12.0. The summed E-state index contributed by atoms with van der Waals surface area (Å²) in [5.74, 6) is 0.161. The van der Waals surface area contributed by atoms with Crippen LogP contribution < -0.4 is 15.4 Å². The molecule has 2 N–H and O–H groups in total. The van der Waals surface area contributed by atoms with Gasteiger partial charge in [-0.2, -0.15) is 8.78 Å². The lowest BCUT2D eigenvalue weighted by molar-refractivity contribution is -0.0498. The van der Waals surface area contributed by atoms with Crippen LogP contribution in [0.2, 0.25) is 0 Å². The van der Waals surface area contributed by atoms with Gasteiger partial charge in [0.2, 0.25) is 0 Å². The Balaban J connectivity index is 1.69. The van der Waals surface area contributed by atoms with Gasteiger partial charge in [-0.15, -0.1) is 0 Å². The van der Waals surface area contributed by atoms with Crippen molar-refractivity contribution in [3.05, 3.63) is 29.8 Å². The van der Waals surface area contributed by atoms with Gasteiger partial charge in [0.1, 0.15) is 5.75 Å². The molecule has 1 saturated heterocycles. The van der Waals surface area contributed by atoms with Gasteiger partial charge in [-0.05, 0) is 30.5 Å². The molecule has 0 spiro atoms. The Morgan fingerprint density at radius 2 is 2.00 bits per heavy atom. The van der Waals surface area contributed by atoms with E-state index in [9.17, 15) is 22.0 Å². The van der Waals surface area contributed by atoms with E-state index in [-0.39, 0.29) is 23.3 Å². The van der Waals surface area contributed by atoms with E-state index < -0.39 is 22.5 Å². The number of benzene rings is 1. The zero-order valence-corrected chi connectivity index (χ0v) is 13.1. The number of hydrogen-bond donors (Lipinski definition) is 2. The number of sulfone groups is 1. The van der Waals surface area contributed by atoms with Crippen LogP contribution in [0.4, 0.5) is 13.6 Å². The molecule has 9 heteroatoms. The van der Waals surface area contributed by atoms with E-state index in [1.165, 1.54) is 12.1 Å². The summed E-state index contributed by atoms with van der Waals surface area (Å²) in [7, 11) is -3.03. The van der Waals surface area contributed by atoms with E-state index in [1.807, 2.05) is 0 Å². The predicted octanol–water partition coefficient (Wildman–Crippen LogP) is 1.32. The van der Waals surface area contributed by atoms with Gasteiger partial charge in [0.15, 0.2) is 9.84 Å². The van der Waals surface area contributed by atoms with Gasteiger partial charge in [0, 0.05) is 12.6 Å². The molecule has 2 rings (SSSR count). The number of nitrogens with one attached hydrogen (secondary N) is 2. The second-order valence-corrected chi connectivity index (χ2v) is 7.50. The highest BCUT2D eigenvalue weighted by molar-refractivity contribution is 7.91. The molecule has 1 aliphatic rings. The van der Waals surface area contributed by atoms with Crippen LogP contribution in [0.25, 0.3) is 0 Å². The average molecular weight is 348 g/mol.